The number of benzene rings is 1. The number of carboxylic acid groups (broad SMARTS) is 1. The number of nitrogens with zero attached hydrogens (tertiary/aromatic N) is 2. The van der Waals surface area contributed by atoms with Crippen molar-refractivity contribution in [2.75, 3.05) is 0 Å². The number of aromatic carboxylic acids is 1. The molecule has 0 aliphatic carbocycles. The highest BCUT2D eigenvalue weighted by atomic mass is 16.4. The second-order valence-electron chi connectivity index (χ2n) is 4.12. The van der Waals surface area contributed by atoms with Gasteiger partial charge in [-0.3, -0.25) is 4.68 Å². The van der Waals surface area contributed by atoms with E-state index in [9.17, 15) is 4.79 Å². The van der Waals surface area contributed by atoms with Gasteiger partial charge in [0.05, 0.1) is 6.54 Å². The molecule has 88 valence electrons. The van der Waals surface area contributed by atoms with Gasteiger partial charge < -0.3 is 5.11 Å². The highest BCUT2D eigenvalue weighted by Crippen LogP contribution is 2.09. The lowest BCUT2D eigenvalue weighted by Crippen LogP contribution is -2.05. The topological polar surface area (TPSA) is 55.1 Å². The number of carboxylic acids is 1. The molecule has 1 N–H and O–H groups in total. The molecule has 0 aliphatic rings. The average molecular weight is 230 g/mol. The minimum Gasteiger partial charge on any atom is -0.476 e. The van der Waals surface area contributed by atoms with Crippen LogP contribution in [0.3, 0.4) is 0 Å². The Morgan fingerprint density at radius 1 is 1.29 bits per heavy atom. The fourth-order valence-electron chi connectivity index (χ4n) is 1.64. The fraction of sp³-hybridized carbons (Fsp3) is 0.231. The molecule has 1 aromatic carbocycles. The fourth-order valence-corrected chi connectivity index (χ4v) is 1.64. The summed E-state index contributed by atoms with van der Waals surface area (Å²) in [5, 5.41) is 12.9. The van der Waals surface area contributed by atoms with E-state index < -0.39 is 5.97 Å². The van der Waals surface area contributed by atoms with E-state index in [1.807, 2.05) is 38.1 Å². The molecule has 0 saturated carbocycles. The van der Waals surface area contributed by atoms with Crippen LogP contribution in [0.5, 0.6) is 0 Å². The maximum Gasteiger partial charge on any atom is 0.356 e. The van der Waals surface area contributed by atoms with Crippen LogP contribution in [0, 0.1) is 13.8 Å². The Balaban J connectivity index is 2.24. The Hall–Kier alpha value is -2.10. The summed E-state index contributed by atoms with van der Waals surface area (Å²) in [4.78, 5) is 10.8. The molecular formula is C13H14N2O2. The molecule has 0 saturated heterocycles. The second kappa shape index (κ2) is 4.41. The molecule has 0 bridgehead atoms. The van der Waals surface area contributed by atoms with Crippen molar-refractivity contribution in [3.63, 3.8) is 0 Å². The molecule has 0 amide bonds. The lowest BCUT2D eigenvalue weighted by molar-refractivity contribution is 0.0689. The van der Waals surface area contributed by atoms with Gasteiger partial charge in [-0.15, -0.1) is 0 Å². The van der Waals surface area contributed by atoms with Crippen LogP contribution in [0.4, 0.5) is 0 Å². The zero-order chi connectivity index (χ0) is 12.4. The van der Waals surface area contributed by atoms with Crippen LogP contribution in [-0.2, 0) is 6.54 Å². The molecule has 0 radical (unpaired) electrons. The first kappa shape index (κ1) is 11.4. The Labute approximate surface area is 99.5 Å². The van der Waals surface area contributed by atoms with Crippen molar-refractivity contribution in [1.29, 1.82) is 0 Å². The van der Waals surface area contributed by atoms with Gasteiger partial charge in [-0.2, -0.15) is 5.10 Å². The average Bonchev–Trinajstić information content (AvgIpc) is 2.64. The van der Waals surface area contributed by atoms with Crippen LogP contribution < -0.4 is 0 Å². The van der Waals surface area contributed by atoms with E-state index in [1.54, 1.807) is 10.7 Å². The zero-order valence-corrected chi connectivity index (χ0v) is 9.84. The van der Waals surface area contributed by atoms with Gasteiger partial charge in [0.1, 0.15) is 0 Å². The molecule has 1 aromatic heterocycles. The van der Waals surface area contributed by atoms with Crippen molar-refractivity contribution < 1.29 is 9.90 Å². The molecule has 2 rings (SSSR count). The van der Waals surface area contributed by atoms with Crippen LogP contribution >= 0.6 is 0 Å². The molecular weight excluding hydrogens is 216 g/mol. The van der Waals surface area contributed by atoms with E-state index in [4.69, 9.17) is 5.11 Å². The Morgan fingerprint density at radius 3 is 2.47 bits per heavy atom. The first-order valence-electron chi connectivity index (χ1n) is 5.39. The lowest BCUT2D eigenvalue weighted by Gasteiger charge is -2.04. The predicted molar refractivity (Wildman–Crippen MR) is 64.2 cm³/mol. The summed E-state index contributed by atoms with van der Waals surface area (Å²) in [5.74, 6) is -0.990. The van der Waals surface area contributed by atoms with Crippen LogP contribution in [0.15, 0.2) is 30.3 Å². The van der Waals surface area contributed by atoms with Gasteiger partial charge in [0.15, 0.2) is 5.69 Å². The van der Waals surface area contributed by atoms with Crippen molar-refractivity contribution in [2.45, 2.75) is 20.4 Å². The van der Waals surface area contributed by atoms with Gasteiger partial charge in [0.25, 0.3) is 0 Å². The van der Waals surface area contributed by atoms with E-state index >= 15 is 0 Å². The summed E-state index contributed by atoms with van der Waals surface area (Å²) in [6.07, 6.45) is 0. The van der Waals surface area contributed by atoms with Gasteiger partial charge in [-0.25, -0.2) is 4.79 Å². The summed E-state index contributed by atoms with van der Waals surface area (Å²) in [7, 11) is 0. The molecule has 0 unspecified atom stereocenters. The summed E-state index contributed by atoms with van der Waals surface area (Å²) in [6.45, 7) is 4.48. The standard InChI is InChI=1S/C13H14N2O2/c1-9-3-5-11(6-4-9)8-15-10(2)7-12(14-15)13(16)17/h3-7H,8H2,1-2H3,(H,16,17). The maximum atomic E-state index is 10.8. The lowest BCUT2D eigenvalue weighted by atomic mass is 10.1. The largest absolute Gasteiger partial charge is 0.476 e. The highest BCUT2D eigenvalue weighted by molar-refractivity contribution is 5.85. The predicted octanol–water partition coefficient (Wildman–Crippen LogP) is 2.25. The van der Waals surface area contributed by atoms with Crippen molar-refractivity contribution in [1.82, 2.24) is 9.78 Å². The molecule has 2 aromatic rings. The third-order valence-corrected chi connectivity index (χ3v) is 2.65. The molecule has 0 fully saturated rings. The summed E-state index contributed by atoms with van der Waals surface area (Å²) in [6, 6.07) is 9.70. The smallest absolute Gasteiger partial charge is 0.356 e. The summed E-state index contributed by atoms with van der Waals surface area (Å²) >= 11 is 0. The third-order valence-electron chi connectivity index (χ3n) is 2.65. The Kier molecular flexibility index (Phi) is 2.95. The number of carbonyl (C=O) groups is 1. The molecule has 0 aliphatic heterocycles. The van der Waals surface area contributed by atoms with Gasteiger partial charge in [0.2, 0.25) is 0 Å². The van der Waals surface area contributed by atoms with Crippen molar-refractivity contribution >= 4 is 5.97 Å². The number of rotatable bonds is 3. The van der Waals surface area contributed by atoms with Gasteiger partial charge >= 0.3 is 5.97 Å². The molecule has 0 atom stereocenters. The van der Waals surface area contributed by atoms with E-state index in [0.717, 1.165) is 11.3 Å². The molecule has 17 heavy (non-hydrogen) atoms. The van der Waals surface area contributed by atoms with Gasteiger partial charge in [0, 0.05) is 5.69 Å². The SMILES string of the molecule is Cc1ccc(Cn2nc(C(=O)O)cc2C)cc1. The zero-order valence-electron chi connectivity index (χ0n) is 9.84. The van der Waals surface area contributed by atoms with Crippen LogP contribution in [0.2, 0.25) is 0 Å². The van der Waals surface area contributed by atoms with E-state index in [-0.39, 0.29) is 5.69 Å². The molecule has 4 heteroatoms. The minimum atomic E-state index is -0.990. The van der Waals surface area contributed by atoms with Crippen LogP contribution in [0.1, 0.15) is 27.3 Å². The van der Waals surface area contributed by atoms with Crippen LogP contribution in [0.25, 0.3) is 0 Å². The maximum absolute atomic E-state index is 10.8. The summed E-state index contributed by atoms with van der Waals surface area (Å²) < 4.78 is 1.70. The monoisotopic (exact) mass is 230 g/mol. The second-order valence-corrected chi connectivity index (χ2v) is 4.12. The van der Waals surface area contributed by atoms with E-state index in [1.165, 1.54) is 5.56 Å². The van der Waals surface area contributed by atoms with Crippen LogP contribution in [-0.4, -0.2) is 20.9 Å². The summed E-state index contributed by atoms with van der Waals surface area (Å²) in [5.41, 5.74) is 3.26. The quantitative estimate of drug-likeness (QED) is 0.879. The Morgan fingerprint density at radius 2 is 1.94 bits per heavy atom. The van der Waals surface area contributed by atoms with Gasteiger partial charge in [-0.1, -0.05) is 29.8 Å². The van der Waals surface area contributed by atoms with E-state index in [2.05, 4.69) is 5.10 Å². The van der Waals surface area contributed by atoms with E-state index in [0.29, 0.717) is 6.54 Å². The molecule has 4 nitrogen and oxygen atoms in total. The number of aromatic nitrogens is 2. The Bertz CT molecular complexity index is 541. The van der Waals surface area contributed by atoms with Crippen molar-refractivity contribution in [3.8, 4) is 0 Å². The highest BCUT2D eigenvalue weighted by Gasteiger charge is 2.10. The number of hydrogen-bond acceptors (Lipinski definition) is 2. The van der Waals surface area contributed by atoms with Crippen molar-refractivity contribution in [2.24, 2.45) is 0 Å². The minimum absolute atomic E-state index is 0.0922. The molecule has 0 spiro atoms. The number of hydrogen-bond donors (Lipinski definition) is 1. The third kappa shape index (κ3) is 2.53. The molecule has 1 heterocycles. The number of aryl methyl sites for hydroxylation is 2. The van der Waals surface area contributed by atoms with Crippen molar-refractivity contribution in [3.05, 3.63) is 52.8 Å². The van der Waals surface area contributed by atoms with Gasteiger partial charge in [-0.05, 0) is 25.5 Å². The first-order chi connectivity index (χ1) is 8.06. The normalized spacial score (nSPS) is 10.5. The first-order valence-corrected chi connectivity index (χ1v) is 5.39.